The van der Waals surface area contributed by atoms with Crippen LogP contribution in [0.1, 0.15) is 30.8 Å². The molecule has 0 saturated heterocycles. The standard InChI is InChI=1S/C15H20FN3OS/c1-10(7-11(2)20)9-17-15-19-18-14(21-15)8-12-3-5-13(16)6-4-12/h3-6,10-11,20H,7-9H2,1-2H3,(H,17,19). The first-order chi connectivity index (χ1) is 10.0. The van der Waals surface area contributed by atoms with E-state index in [9.17, 15) is 9.50 Å². The fourth-order valence-corrected chi connectivity index (χ4v) is 2.88. The van der Waals surface area contributed by atoms with Crippen molar-refractivity contribution >= 4 is 16.5 Å². The minimum absolute atomic E-state index is 0.231. The third-order valence-corrected chi connectivity index (χ3v) is 3.96. The van der Waals surface area contributed by atoms with Crippen LogP contribution < -0.4 is 5.32 Å². The number of hydrogen-bond donors (Lipinski definition) is 2. The number of nitrogens with one attached hydrogen (secondary N) is 1. The molecular weight excluding hydrogens is 289 g/mol. The molecule has 0 aliphatic carbocycles. The van der Waals surface area contributed by atoms with E-state index in [1.165, 1.54) is 23.5 Å². The van der Waals surface area contributed by atoms with Gasteiger partial charge in [0, 0.05) is 13.0 Å². The molecule has 0 radical (unpaired) electrons. The summed E-state index contributed by atoms with van der Waals surface area (Å²) in [6, 6.07) is 6.42. The maximum atomic E-state index is 12.8. The summed E-state index contributed by atoms with van der Waals surface area (Å²) in [5.41, 5.74) is 1.02. The Morgan fingerprint density at radius 2 is 1.95 bits per heavy atom. The molecule has 2 unspecified atom stereocenters. The van der Waals surface area contributed by atoms with Gasteiger partial charge in [-0.3, -0.25) is 0 Å². The molecule has 4 nitrogen and oxygen atoms in total. The first-order valence-electron chi connectivity index (χ1n) is 7.01. The fraction of sp³-hybridized carbons (Fsp3) is 0.467. The number of nitrogens with zero attached hydrogens (tertiary/aromatic N) is 2. The molecule has 0 fully saturated rings. The largest absolute Gasteiger partial charge is 0.393 e. The van der Waals surface area contributed by atoms with E-state index in [2.05, 4.69) is 22.4 Å². The SMILES string of the molecule is CC(O)CC(C)CNc1nnc(Cc2ccc(F)cc2)s1. The molecule has 0 aliphatic rings. The van der Waals surface area contributed by atoms with Crippen molar-refractivity contribution in [3.63, 3.8) is 0 Å². The molecule has 0 bridgehead atoms. The van der Waals surface area contributed by atoms with Gasteiger partial charge in [-0.1, -0.05) is 30.4 Å². The van der Waals surface area contributed by atoms with E-state index in [1.807, 2.05) is 0 Å². The Morgan fingerprint density at radius 3 is 2.62 bits per heavy atom. The van der Waals surface area contributed by atoms with Crippen LogP contribution in [-0.4, -0.2) is 28.0 Å². The first-order valence-corrected chi connectivity index (χ1v) is 7.83. The van der Waals surface area contributed by atoms with E-state index < -0.39 is 0 Å². The molecular formula is C15H20FN3OS. The van der Waals surface area contributed by atoms with E-state index >= 15 is 0 Å². The van der Waals surface area contributed by atoms with Crippen molar-refractivity contribution in [3.8, 4) is 0 Å². The van der Waals surface area contributed by atoms with Crippen LogP contribution in [0.4, 0.5) is 9.52 Å². The number of benzene rings is 1. The zero-order valence-corrected chi connectivity index (χ0v) is 13.0. The molecule has 0 spiro atoms. The van der Waals surface area contributed by atoms with Crippen LogP contribution in [0.15, 0.2) is 24.3 Å². The lowest BCUT2D eigenvalue weighted by Gasteiger charge is -2.13. The second-order valence-corrected chi connectivity index (χ2v) is 6.44. The Kier molecular flexibility index (Phi) is 5.64. The Bertz CT molecular complexity index is 556. The molecule has 1 heterocycles. The van der Waals surface area contributed by atoms with Crippen LogP contribution in [0, 0.1) is 11.7 Å². The third kappa shape index (κ3) is 5.40. The van der Waals surface area contributed by atoms with Gasteiger partial charge in [0.05, 0.1) is 6.10 Å². The van der Waals surface area contributed by atoms with Gasteiger partial charge in [-0.05, 0) is 37.0 Å². The minimum atomic E-state index is -0.287. The fourth-order valence-electron chi connectivity index (χ4n) is 2.10. The Balaban J connectivity index is 1.85. The molecule has 0 saturated carbocycles. The third-order valence-electron chi connectivity index (χ3n) is 3.08. The number of anilines is 1. The maximum absolute atomic E-state index is 12.8. The van der Waals surface area contributed by atoms with E-state index in [0.717, 1.165) is 28.7 Å². The van der Waals surface area contributed by atoms with Crippen molar-refractivity contribution in [2.24, 2.45) is 5.92 Å². The highest BCUT2D eigenvalue weighted by Crippen LogP contribution is 2.19. The van der Waals surface area contributed by atoms with Gasteiger partial charge in [-0.15, -0.1) is 10.2 Å². The molecule has 2 N–H and O–H groups in total. The second kappa shape index (κ2) is 7.47. The highest BCUT2D eigenvalue weighted by Gasteiger charge is 2.09. The predicted molar refractivity (Wildman–Crippen MR) is 83.1 cm³/mol. The lowest BCUT2D eigenvalue weighted by Crippen LogP contribution is -2.16. The Hall–Kier alpha value is -1.53. The van der Waals surface area contributed by atoms with Crippen molar-refractivity contribution in [2.45, 2.75) is 32.8 Å². The normalized spacial score (nSPS) is 13.9. The minimum Gasteiger partial charge on any atom is -0.393 e. The molecule has 1 aromatic heterocycles. The van der Waals surface area contributed by atoms with Gasteiger partial charge >= 0.3 is 0 Å². The molecule has 0 aliphatic heterocycles. The number of aromatic nitrogens is 2. The van der Waals surface area contributed by atoms with Gasteiger partial charge in [0.15, 0.2) is 0 Å². The summed E-state index contributed by atoms with van der Waals surface area (Å²) < 4.78 is 12.8. The van der Waals surface area contributed by atoms with E-state index in [4.69, 9.17) is 0 Å². The molecule has 2 atom stereocenters. The zero-order valence-electron chi connectivity index (χ0n) is 12.2. The van der Waals surface area contributed by atoms with E-state index in [-0.39, 0.29) is 11.9 Å². The van der Waals surface area contributed by atoms with Gasteiger partial charge in [-0.2, -0.15) is 0 Å². The monoisotopic (exact) mass is 309 g/mol. The lowest BCUT2D eigenvalue weighted by molar-refractivity contribution is 0.166. The molecule has 1 aromatic carbocycles. The lowest BCUT2D eigenvalue weighted by atomic mass is 10.1. The highest BCUT2D eigenvalue weighted by molar-refractivity contribution is 7.15. The predicted octanol–water partition coefficient (Wildman–Crippen LogP) is 3.09. The first kappa shape index (κ1) is 15.9. The average molecular weight is 309 g/mol. The van der Waals surface area contributed by atoms with Gasteiger partial charge in [0.25, 0.3) is 0 Å². The van der Waals surface area contributed by atoms with E-state index in [0.29, 0.717) is 12.3 Å². The smallest absolute Gasteiger partial charge is 0.205 e. The zero-order chi connectivity index (χ0) is 15.2. The number of aliphatic hydroxyl groups excluding tert-OH is 1. The maximum Gasteiger partial charge on any atom is 0.205 e. The Morgan fingerprint density at radius 1 is 1.24 bits per heavy atom. The summed E-state index contributed by atoms with van der Waals surface area (Å²) in [6.07, 6.45) is 1.13. The van der Waals surface area contributed by atoms with Crippen molar-refractivity contribution in [2.75, 3.05) is 11.9 Å². The molecule has 2 aromatic rings. The summed E-state index contributed by atoms with van der Waals surface area (Å²) in [5.74, 6) is 0.139. The summed E-state index contributed by atoms with van der Waals surface area (Å²) in [5, 5.41) is 22.5. The average Bonchev–Trinajstić information content (AvgIpc) is 2.86. The van der Waals surface area contributed by atoms with Crippen LogP contribution in [0.5, 0.6) is 0 Å². The van der Waals surface area contributed by atoms with Crippen molar-refractivity contribution in [1.29, 1.82) is 0 Å². The van der Waals surface area contributed by atoms with Crippen molar-refractivity contribution in [1.82, 2.24) is 10.2 Å². The van der Waals surface area contributed by atoms with Gasteiger partial charge < -0.3 is 10.4 Å². The number of hydrogen-bond acceptors (Lipinski definition) is 5. The van der Waals surface area contributed by atoms with Crippen LogP contribution in [0.3, 0.4) is 0 Å². The number of halogens is 1. The summed E-state index contributed by atoms with van der Waals surface area (Å²) in [6.45, 7) is 4.64. The molecule has 21 heavy (non-hydrogen) atoms. The van der Waals surface area contributed by atoms with Crippen LogP contribution in [0.25, 0.3) is 0 Å². The van der Waals surface area contributed by atoms with Gasteiger partial charge in [0.2, 0.25) is 5.13 Å². The molecule has 0 amide bonds. The molecule has 114 valence electrons. The van der Waals surface area contributed by atoms with Crippen LogP contribution in [0.2, 0.25) is 0 Å². The summed E-state index contributed by atoms with van der Waals surface area (Å²) >= 11 is 1.50. The van der Waals surface area contributed by atoms with Crippen LogP contribution >= 0.6 is 11.3 Å². The topological polar surface area (TPSA) is 58.0 Å². The second-order valence-electron chi connectivity index (χ2n) is 5.37. The highest BCUT2D eigenvalue weighted by atomic mass is 32.1. The van der Waals surface area contributed by atoms with Gasteiger partial charge in [0.1, 0.15) is 10.8 Å². The Labute approximate surface area is 128 Å². The number of rotatable bonds is 7. The summed E-state index contributed by atoms with van der Waals surface area (Å²) in [4.78, 5) is 0. The molecule has 2 rings (SSSR count). The van der Waals surface area contributed by atoms with Crippen LogP contribution in [-0.2, 0) is 6.42 Å². The van der Waals surface area contributed by atoms with Crippen molar-refractivity contribution in [3.05, 3.63) is 40.7 Å². The molecule has 6 heteroatoms. The summed E-state index contributed by atoms with van der Waals surface area (Å²) in [7, 11) is 0. The van der Waals surface area contributed by atoms with Crippen molar-refractivity contribution < 1.29 is 9.50 Å². The van der Waals surface area contributed by atoms with E-state index in [1.54, 1.807) is 19.1 Å². The number of aliphatic hydroxyl groups is 1. The quantitative estimate of drug-likeness (QED) is 0.825. The van der Waals surface area contributed by atoms with Gasteiger partial charge in [-0.25, -0.2) is 4.39 Å².